The Kier molecular flexibility index (Phi) is 7.47. The van der Waals surface area contributed by atoms with Gasteiger partial charge in [0.25, 0.3) is 0 Å². The van der Waals surface area contributed by atoms with E-state index in [1.54, 1.807) is 24.9 Å². The molecule has 2 aliphatic rings. The molecule has 0 spiro atoms. The van der Waals surface area contributed by atoms with Gasteiger partial charge in [-0.3, -0.25) is 4.90 Å². The number of nitrogens with zero attached hydrogens (tertiary/aromatic N) is 4. The average Bonchev–Trinajstić information content (AvgIpc) is 3.29. The van der Waals surface area contributed by atoms with E-state index >= 15 is 0 Å². The van der Waals surface area contributed by atoms with Crippen molar-refractivity contribution in [1.82, 2.24) is 19.8 Å². The third-order valence-corrected chi connectivity index (χ3v) is 6.95. The van der Waals surface area contributed by atoms with E-state index in [0.717, 1.165) is 61.2 Å². The average molecular weight is 429 g/mol. The van der Waals surface area contributed by atoms with Gasteiger partial charge in [-0.1, -0.05) is 23.9 Å². The second kappa shape index (κ2) is 10.5. The molecule has 0 aliphatic carbocycles. The smallest absolute Gasteiger partial charge is 0.187 e. The SMILES string of the molecule is COc1cccc(CN2CCCC(c3ccnc(SCCN4CCCC4)n3)C2)c1O. The molecule has 1 aromatic heterocycles. The highest BCUT2D eigenvalue weighted by molar-refractivity contribution is 7.99. The molecule has 3 heterocycles. The fourth-order valence-electron chi connectivity index (χ4n) is 4.46. The minimum Gasteiger partial charge on any atom is -0.504 e. The van der Waals surface area contributed by atoms with Crippen molar-refractivity contribution in [2.75, 3.05) is 45.6 Å². The van der Waals surface area contributed by atoms with Gasteiger partial charge in [-0.25, -0.2) is 9.97 Å². The van der Waals surface area contributed by atoms with E-state index in [9.17, 15) is 5.11 Å². The van der Waals surface area contributed by atoms with Gasteiger partial charge in [0.15, 0.2) is 16.7 Å². The van der Waals surface area contributed by atoms with Crippen molar-refractivity contribution >= 4 is 11.8 Å². The molecule has 1 atom stereocenters. The van der Waals surface area contributed by atoms with Gasteiger partial charge in [0.1, 0.15) is 0 Å². The molecule has 2 aliphatic heterocycles. The molecular weight excluding hydrogens is 396 g/mol. The second-order valence-electron chi connectivity index (χ2n) is 8.20. The molecule has 1 unspecified atom stereocenters. The Balaban J connectivity index is 1.35. The number of hydrogen-bond acceptors (Lipinski definition) is 7. The first-order valence-corrected chi connectivity index (χ1v) is 12.0. The zero-order valence-electron chi connectivity index (χ0n) is 17.8. The lowest BCUT2D eigenvalue weighted by molar-refractivity contribution is 0.195. The van der Waals surface area contributed by atoms with E-state index in [1.807, 2.05) is 18.3 Å². The van der Waals surface area contributed by atoms with Crippen LogP contribution in [-0.4, -0.2) is 70.5 Å². The number of aromatic nitrogens is 2. The molecule has 1 N–H and O–H groups in total. The lowest BCUT2D eigenvalue weighted by Crippen LogP contribution is -2.34. The maximum absolute atomic E-state index is 10.4. The lowest BCUT2D eigenvalue weighted by atomic mass is 9.94. The molecule has 0 amide bonds. The van der Waals surface area contributed by atoms with Crippen LogP contribution < -0.4 is 4.74 Å². The molecule has 162 valence electrons. The summed E-state index contributed by atoms with van der Waals surface area (Å²) < 4.78 is 5.25. The standard InChI is InChI=1S/C23H32N4O2S/c1-29-21-8-4-6-19(22(21)28)17-27-13-5-7-18(16-27)20-9-10-24-23(25-20)30-15-14-26-11-2-3-12-26/h4,6,8-10,18,28H,2-3,5,7,11-17H2,1H3. The van der Waals surface area contributed by atoms with E-state index in [4.69, 9.17) is 9.72 Å². The number of hydrogen-bond donors (Lipinski definition) is 1. The zero-order chi connectivity index (χ0) is 20.8. The largest absolute Gasteiger partial charge is 0.504 e. The topological polar surface area (TPSA) is 61.7 Å². The predicted molar refractivity (Wildman–Crippen MR) is 120 cm³/mol. The van der Waals surface area contributed by atoms with Crippen molar-refractivity contribution in [2.24, 2.45) is 0 Å². The molecule has 2 saturated heterocycles. The maximum Gasteiger partial charge on any atom is 0.187 e. The van der Waals surface area contributed by atoms with Crippen LogP contribution in [0.2, 0.25) is 0 Å². The van der Waals surface area contributed by atoms with Crippen LogP contribution in [0.5, 0.6) is 11.5 Å². The molecule has 7 heteroatoms. The minimum absolute atomic E-state index is 0.251. The molecule has 0 radical (unpaired) electrons. The highest BCUT2D eigenvalue weighted by atomic mass is 32.2. The highest BCUT2D eigenvalue weighted by Crippen LogP contribution is 2.32. The van der Waals surface area contributed by atoms with Crippen LogP contribution in [0.3, 0.4) is 0 Å². The summed E-state index contributed by atoms with van der Waals surface area (Å²) in [6.07, 6.45) is 6.87. The molecule has 0 bridgehead atoms. The van der Waals surface area contributed by atoms with Gasteiger partial charge in [-0.05, 0) is 57.5 Å². The Labute approximate surface area is 183 Å². The van der Waals surface area contributed by atoms with Gasteiger partial charge in [0.2, 0.25) is 0 Å². The third-order valence-electron chi connectivity index (χ3n) is 6.11. The predicted octanol–water partition coefficient (Wildman–Crippen LogP) is 3.76. The normalized spacial score (nSPS) is 20.5. The molecule has 30 heavy (non-hydrogen) atoms. The Morgan fingerprint density at radius 1 is 1.13 bits per heavy atom. The summed E-state index contributed by atoms with van der Waals surface area (Å²) in [5.74, 6) is 2.25. The van der Waals surface area contributed by atoms with Crippen molar-refractivity contribution in [3.8, 4) is 11.5 Å². The second-order valence-corrected chi connectivity index (χ2v) is 9.27. The fraction of sp³-hybridized carbons (Fsp3) is 0.565. The molecule has 2 fully saturated rings. The number of thioether (sulfide) groups is 1. The van der Waals surface area contributed by atoms with Crippen molar-refractivity contribution in [3.63, 3.8) is 0 Å². The van der Waals surface area contributed by atoms with E-state index in [2.05, 4.69) is 20.9 Å². The summed E-state index contributed by atoms with van der Waals surface area (Å²) in [4.78, 5) is 14.3. The van der Waals surface area contributed by atoms with Crippen molar-refractivity contribution < 1.29 is 9.84 Å². The number of para-hydroxylation sites is 1. The van der Waals surface area contributed by atoms with E-state index in [0.29, 0.717) is 11.7 Å². The zero-order valence-corrected chi connectivity index (χ0v) is 18.6. The van der Waals surface area contributed by atoms with Gasteiger partial charge in [0, 0.05) is 48.8 Å². The first-order valence-electron chi connectivity index (χ1n) is 11.0. The molecular formula is C23H32N4O2S. The van der Waals surface area contributed by atoms with Crippen LogP contribution in [0.4, 0.5) is 0 Å². The summed E-state index contributed by atoms with van der Waals surface area (Å²) in [6.45, 7) is 6.31. The number of phenolic OH excluding ortho intramolecular Hbond substituents is 1. The Hall–Kier alpha value is -1.83. The summed E-state index contributed by atoms with van der Waals surface area (Å²) >= 11 is 1.77. The highest BCUT2D eigenvalue weighted by Gasteiger charge is 2.24. The van der Waals surface area contributed by atoms with Crippen LogP contribution in [0.15, 0.2) is 35.6 Å². The first kappa shape index (κ1) is 21.4. The lowest BCUT2D eigenvalue weighted by Gasteiger charge is -2.32. The number of benzene rings is 1. The van der Waals surface area contributed by atoms with Crippen molar-refractivity contribution in [1.29, 1.82) is 0 Å². The van der Waals surface area contributed by atoms with Crippen LogP contribution in [0.1, 0.15) is 42.9 Å². The van der Waals surface area contributed by atoms with Crippen LogP contribution >= 0.6 is 11.8 Å². The molecule has 6 nitrogen and oxygen atoms in total. The van der Waals surface area contributed by atoms with Crippen molar-refractivity contribution in [2.45, 2.75) is 43.3 Å². The number of phenols is 1. The molecule has 0 saturated carbocycles. The first-order chi connectivity index (χ1) is 14.7. The number of methoxy groups -OCH3 is 1. The summed E-state index contributed by atoms with van der Waals surface area (Å²) in [7, 11) is 1.59. The number of aromatic hydroxyl groups is 1. The fourth-order valence-corrected chi connectivity index (χ4v) is 5.30. The van der Waals surface area contributed by atoms with Gasteiger partial charge < -0.3 is 14.7 Å². The van der Waals surface area contributed by atoms with Crippen molar-refractivity contribution in [3.05, 3.63) is 41.7 Å². The van der Waals surface area contributed by atoms with Crippen LogP contribution in [0, 0.1) is 0 Å². The van der Waals surface area contributed by atoms with Gasteiger partial charge in [-0.2, -0.15) is 0 Å². The van der Waals surface area contributed by atoms with Crippen LogP contribution in [-0.2, 0) is 6.54 Å². The summed E-state index contributed by atoms with van der Waals surface area (Å²) in [5.41, 5.74) is 2.06. The minimum atomic E-state index is 0.251. The van der Waals surface area contributed by atoms with E-state index in [-0.39, 0.29) is 5.75 Å². The maximum atomic E-state index is 10.4. The number of piperidine rings is 1. The van der Waals surface area contributed by atoms with E-state index < -0.39 is 0 Å². The Bertz CT molecular complexity index is 829. The summed E-state index contributed by atoms with van der Waals surface area (Å²) in [5, 5.41) is 11.3. The third kappa shape index (κ3) is 5.45. The number of ether oxygens (including phenoxy) is 1. The summed E-state index contributed by atoms with van der Waals surface area (Å²) in [6, 6.07) is 7.77. The Morgan fingerprint density at radius 2 is 1.97 bits per heavy atom. The van der Waals surface area contributed by atoms with Gasteiger partial charge >= 0.3 is 0 Å². The monoisotopic (exact) mass is 428 g/mol. The van der Waals surface area contributed by atoms with Gasteiger partial charge in [0.05, 0.1) is 7.11 Å². The molecule has 2 aromatic rings. The van der Waals surface area contributed by atoms with E-state index in [1.165, 1.54) is 25.9 Å². The molecule has 4 rings (SSSR count). The quantitative estimate of drug-likeness (QED) is 0.507. The van der Waals surface area contributed by atoms with Gasteiger partial charge in [-0.15, -0.1) is 0 Å². The van der Waals surface area contributed by atoms with Crippen LogP contribution in [0.25, 0.3) is 0 Å². The number of likely N-dealkylation sites (tertiary alicyclic amines) is 2. The molecule has 1 aromatic carbocycles. The number of rotatable bonds is 8. The Morgan fingerprint density at radius 3 is 2.80 bits per heavy atom.